The van der Waals surface area contributed by atoms with Crippen LogP contribution in [0.4, 0.5) is 4.39 Å². The molecular formula is C15H20FNO2. The van der Waals surface area contributed by atoms with Gasteiger partial charge in [-0.1, -0.05) is 19.3 Å². The Morgan fingerprint density at radius 3 is 2.58 bits per heavy atom. The van der Waals surface area contributed by atoms with E-state index in [9.17, 15) is 4.39 Å². The lowest BCUT2D eigenvalue weighted by Crippen LogP contribution is -2.39. The molecule has 0 bridgehead atoms. The average molecular weight is 265 g/mol. The van der Waals surface area contributed by atoms with E-state index in [0.717, 1.165) is 37.0 Å². The van der Waals surface area contributed by atoms with Gasteiger partial charge in [0.05, 0.1) is 0 Å². The van der Waals surface area contributed by atoms with Crippen molar-refractivity contribution < 1.29 is 13.9 Å². The molecule has 1 aliphatic heterocycles. The zero-order chi connectivity index (χ0) is 13.3. The fourth-order valence-corrected chi connectivity index (χ4v) is 3.11. The minimum Gasteiger partial charge on any atom is -0.486 e. The second-order valence-corrected chi connectivity index (χ2v) is 5.52. The Morgan fingerprint density at radius 2 is 1.84 bits per heavy atom. The molecule has 3 rings (SSSR count). The van der Waals surface area contributed by atoms with E-state index in [2.05, 4.69) is 0 Å². The fourth-order valence-electron chi connectivity index (χ4n) is 3.11. The molecule has 19 heavy (non-hydrogen) atoms. The summed E-state index contributed by atoms with van der Waals surface area (Å²) in [6, 6.07) is 3.59. The maximum Gasteiger partial charge on any atom is 0.166 e. The normalized spacial score (nSPS) is 21.2. The lowest BCUT2D eigenvalue weighted by molar-refractivity contribution is 0.163. The number of fused-ring (bicyclic) bond motifs is 1. The Bertz CT molecular complexity index is 469. The van der Waals surface area contributed by atoms with Gasteiger partial charge in [0.15, 0.2) is 11.5 Å². The van der Waals surface area contributed by atoms with Crippen LogP contribution in [0, 0.1) is 0 Å². The first-order valence-electron chi connectivity index (χ1n) is 7.01. The van der Waals surface area contributed by atoms with Gasteiger partial charge >= 0.3 is 0 Å². The number of hydrogen-bond acceptors (Lipinski definition) is 3. The van der Waals surface area contributed by atoms with Crippen molar-refractivity contribution in [1.29, 1.82) is 0 Å². The third kappa shape index (κ3) is 2.29. The van der Waals surface area contributed by atoms with Crippen LogP contribution in [0.5, 0.6) is 11.5 Å². The first-order chi connectivity index (χ1) is 9.23. The number of rotatable bonds is 2. The van der Waals surface area contributed by atoms with Crippen LogP contribution < -0.4 is 15.2 Å². The average Bonchev–Trinajstić information content (AvgIpc) is 2.46. The first-order valence-corrected chi connectivity index (χ1v) is 7.01. The zero-order valence-corrected chi connectivity index (χ0v) is 11.1. The summed E-state index contributed by atoms with van der Waals surface area (Å²) in [5.74, 6) is 1.37. The topological polar surface area (TPSA) is 44.5 Å². The lowest BCUT2D eigenvalue weighted by atomic mass is 9.76. The van der Waals surface area contributed by atoms with Crippen molar-refractivity contribution in [1.82, 2.24) is 0 Å². The smallest absolute Gasteiger partial charge is 0.166 e. The summed E-state index contributed by atoms with van der Waals surface area (Å²) < 4.78 is 24.4. The maximum absolute atomic E-state index is 13.0. The number of alkyl halides is 1. The molecule has 0 unspecified atom stereocenters. The van der Waals surface area contributed by atoms with Gasteiger partial charge in [-0.25, -0.2) is 4.39 Å². The summed E-state index contributed by atoms with van der Waals surface area (Å²) in [6.45, 7) is 0.546. The van der Waals surface area contributed by atoms with Crippen molar-refractivity contribution in [3.63, 3.8) is 0 Å². The van der Waals surface area contributed by atoms with Crippen molar-refractivity contribution >= 4 is 0 Å². The molecule has 2 N–H and O–H groups in total. The van der Waals surface area contributed by atoms with Gasteiger partial charge in [0.1, 0.15) is 19.9 Å². The van der Waals surface area contributed by atoms with Crippen molar-refractivity contribution in [3.05, 3.63) is 23.3 Å². The quantitative estimate of drug-likeness (QED) is 0.894. The minimum absolute atomic E-state index is 0.395. The van der Waals surface area contributed by atoms with Gasteiger partial charge in [-0.15, -0.1) is 0 Å². The van der Waals surface area contributed by atoms with Gasteiger partial charge < -0.3 is 15.2 Å². The van der Waals surface area contributed by atoms with Crippen LogP contribution >= 0.6 is 0 Å². The van der Waals surface area contributed by atoms with Crippen molar-refractivity contribution in [2.75, 3.05) is 13.2 Å². The number of ether oxygens (including phenoxy) is 2. The van der Waals surface area contributed by atoms with Crippen LogP contribution in [0.3, 0.4) is 0 Å². The molecule has 0 spiro atoms. The van der Waals surface area contributed by atoms with Gasteiger partial charge in [0, 0.05) is 11.1 Å². The molecular weight excluding hydrogens is 245 g/mol. The molecule has 1 saturated carbocycles. The van der Waals surface area contributed by atoms with Crippen LogP contribution in [-0.4, -0.2) is 13.2 Å². The zero-order valence-electron chi connectivity index (χ0n) is 11.1. The molecule has 2 aliphatic rings. The highest BCUT2D eigenvalue weighted by Crippen LogP contribution is 2.45. The number of hydrogen-bond donors (Lipinski definition) is 1. The second kappa shape index (κ2) is 5.00. The monoisotopic (exact) mass is 265 g/mol. The van der Waals surface area contributed by atoms with Crippen LogP contribution in [0.25, 0.3) is 0 Å². The lowest BCUT2D eigenvalue weighted by Gasteiger charge is -2.36. The van der Waals surface area contributed by atoms with E-state index in [4.69, 9.17) is 15.2 Å². The summed E-state index contributed by atoms with van der Waals surface area (Å²) in [5, 5.41) is 0. The molecule has 0 aromatic heterocycles. The molecule has 1 aromatic rings. The standard InChI is InChI=1S/C15H20FNO2/c16-10-11-8-12(15(17)4-2-1-3-5-15)14-13(9-11)18-6-7-19-14/h8-9H,1-7,10,17H2. The van der Waals surface area contributed by atoms with E-state index in [0.29, 0.717) is 24.5 Å². The third-order valence-electron chi connectivity index (χ3n) is 4.14. The first kappa shape index (κ1) is 12.7. The highest BCUT2D eigenvalue weighted by atomic mass is 19.1. The maximum atomic E-state index is 13.0. The summed E-state index contributed by atoms with van der Waals surface area (Å²) >= 11 is 0. The molecule has 3 nitrogen and oxygen atoms in total. The van der Waals surface area contributed by atoms with Crippen LogP contribution in [0.1, 0.15) is 43.2 Å². The van der Waals surface area contributed by atoms with Crippen molar-refractivity contribution in [2.45, 2.75) is 44.3 Å². The Hall–Kier alpha value is -1.29. The molecule has 0 radical (unpaired) electrons. The summed E-state index contributed by atoms with van der Waals surface area (Å²) in [5.41, 5.74) is 7.72. The predicted octanol–water partition coefficient (Wildman–Crippen LogP) is 3.05. The Kier molecular flexibility index (Phi) is 3.35. The van der Waals surface area contributed by atoms with Crippen LogP contribution in [0.15, 0.2) is 12.1 Å². The van der Waals surface area contributed by atoms with Gasteiger partial charge in [0.25, 0.3) is 0 Å². The summed E-state index contributed by atoms with van der Waals surface area (Å²) in [4.78, 5) is 0. The van der Waals surface area contributed by atoms with E-state index in [-0.39, 0.29) is 0 Å². The number of benzene rings is 1. The highest BCUT2D eigenvalue weighted by molar-refractivity contribution is 5.53. The van der Waals surface area contributed by atoms with Gasteiger partial charge in [0.2, 0.25) is 0 Å². The van der Waals surface area contributed by atoms with E-state index in [1.165, 1.54) is 6.42 Å². The molecule has 1 fully saturated rings. The number of nitrogens with two attached hydrogens (primary N) is 1. The molecule has 104 valence electrons. The number of halogens is 1. The SMILES string of the molecule is NC1(c2cc(CF)cc3c2OCCO3)CCCCC1. The van der Waals surface area contributed by atoms with Gasteiger partial charge in [-0.05, 0) is 30.5 Å². The second-order valence-electron chi connectivity index (χ2n) is 5.52. The largest absolute Gasteiger partial charge is 0.486 e. The molecule has 1 aromatic carbocycles. The Balaban J connectivity index is 2.07. The van der Waals surface area contributed by atoms with Gasteiger partial charge in [-0.2, -0.15) is 0 Å². The van der Waals surface area contributed by atoms with E-state index >= 15 is 0 Å². The highest BCUT2D eigenvalue weighted by Gasteiger charge is 2.34. The Morgan fingerprint density at radius 1 is 1.11 bits per heavy atom. The molecule has 4 heteroatoms. The van der Waals surface area contributed by atoms with Crippen LogP contribution in [0.2, 0.25) is 0 Å². The molecule has 0 saturated heterocycles. The molecule has 0 atom stereocenters. The van der Waals surface area contributed by atoms with E-state index in [1.807, 2.05) is 6.07 Å². The van der Waals surface area contributed by atoms with Crippen molar-refractivity contribution in [2.24, 2.45) is 5.73 Å². The van der Waals surface area contributed by atoms with E-state index in [1.54, 1.807) is 6.07 Å². The van der Waals surface area contributed by atoms with E-state index < -0.39 is 12.2 Å². The molecule has 1 heterocycles. The predicted molar refractivity (Wildman–Crippen MR) is 71.2 cm³/mol. The third-order valence-corrected chi connectivity index (χ3v) is 4.14. The molecule has 1 aliphatic carbocycles. The summed E-state index contributed by atoms with van der Waals surface area (Å²) in [6.07, 6.45) is 5.32. The van der Waals surface area contributed by atoms with Crippen LogP contribution in [-0.2, 0) is 12.2 Å². The Labute approximate surface area is 112 Å². The van der Waals surface area contributed by atoms with Crippen molar-refractivity contribution in [3.8, 4) is 11.5 Å². The van der Waals surface area contributed by atoms with Gasteiger partial charge in [-0.3, -0.25) is 0 Å². The minimum atomic E-state index is -0.500. The summed E-state index contributed by atoms with van der Waals surface area (Å²) in [7, 11) is 0. The molecule has 0 amide bonds. The fraction of sp³-hybridized carbons (Fsp3) is 0.600.